The van der Waals surface area contributed by atoms with Gasteiger partial charge in [0.15, 0.2) is 5.69 Å². The van der Waals surface area contributed by atoms with Crippen LogP contribution in [0.2, 0.25) is 0 Å². The molecular formula is C18H22FN3O3. The number of aromatic carboxylic acids is 1. The highest BCUT2D eigenvalue weighted by molar-refractivity contribution is 5.86. The third-order valence-corrected chi connectivity index (χ3v) is 4.63. The summed E-state index contributed by atoms with van der Waals surface area (Å²) >= 11 is 0. The highest BCUT2D eigenvalue weighted by Crippen LogP contribution is 2.28. The topological polar surface area (TPSA) is 78.4 Å². The molecule has 0 spiro atoms. The van der Waals surface area contributed by atoms with Gasteiger partial charge in [-0.2, -0.15) is 0 Å². The summed E-state index contributed by atoms with van der Waals surface area (Å²) in [6.45, 7) is 3.95. The van der Waals surface area contributed by atoms with Crippen LogP contribution in [0, 0.1) is 12.7 Å². The maximum Gasteiger partial charge on any atom is 0.356 e. The molecule has 1 aliphatic heterocycles. The van der Waals surface area contributed by atoms with Crippen LogP contribution < -0.4 is 4.74 Å². The van der Waals surface area contributed by atoms with Gasteiger partial charge in [0.25, 0.3) is 0 Å². The first-order chi connectivity index (χ1) is 12.0. The quantitative estimate of drug-likeness (QED) is 0.869. The first kappa shape index (κ1) is 17.4. The normalized spacial score (nSPS) is 18.3. The van der Waals surface area contributed by atoms with Crippen LogP contribution in [0.25, 0.3) is 0 Å². The van der Waals surface area contributed by atoms with E-state index >= 15 is 0 Å². The van der Waals surface area contributed by atoms with Gasteiger partial charge in [-0.15, -0.1) is 0 Å². The van der Waals surface area contributed by atoms with Crippen LogP contribution in [0.3, 0.4) is 0 Å². The van der Waals surface area contributed by atoms with Crippen LogP contribution >= 0.6 is 0 Å². The monoisotopic (exact) mass is 347 g/mol. The van der Waals surface area contributed by atoms with Gasteiger partial charge in [0.2, 0.25) is 0 Å². The largest absolute Gasteiger partial charge is 0.496 e. The number of nitrogens with one attached hydrogen (secondary N) is 1. The van der Waals surface area contributed by atoms with Crippen LogP contribution in [0.5, 0.6) is 5.75 Å². The van der Waals surface area contributed by atoms with E-state index in [4.69, 9.17) is 9.84 Å². The van der Waals surface area contributed by atoms with Crippen molar-refractivity contribution in [2.45, 2.75) is 32.2 Å². The molecule has 1 saturated heterocycles. The van der Waals surface area contributed by atoms with Gasteiger partial charge >= 0.3 is 5.97 Å². The predicted octanol–water partition coefficient (Wildman–Crippen LogP) is 2.94. The number of carboxylic acid groups (broad SMARTS) is 1. The van der Waals surface area contributed by atoms with Crippen LogP contribution in [0.1, 0.15) is 46.3 Å². The van der Waals surface area contributed by atoms with E-state index in [9.17, 15) is 9.18 Å². The number of ether oxygens (including phenoxy) is 1. The summed E-state index contributed by atoms with van der Waals surface area (Å²) in [5.41, 5.74) is 1.47. The molecule has 6 nitrogen and oxygen atoms in total. The molecular weight excluding hydrogens is 325 g/mol. The molecule has 2 heterocycles. The van der Waals surface area contributed by atoms with Crippen molar-refractivity contribution in [1.82, 2.24) is 14.9 Å². The summed E-state index contributed by atoms with van der Waals surface area (Å²) in [6, 6.07) is 4.53. The van der Waals surface area contributed by atoms with Crippen LogP contribution in [0.4, 0.5) is 4.39 Å². The minimum absolute atomic E-state index is 0.0823. The molecule has 1 fully saturated rings. The smallest absolute Gasteiger partial charge is 0.356 e. The van der Waals surface area contributed by atoms with E-state index in [0.717, 1.165) is 31.5 Å². The fourth-order valence-corrected chi connectivity index (χ4v) is 3.42. The second kappa shape index (κ2) is 7.23. The number of rotatable bonds is 5. The van der Waals surface area contributed by atoms with Crippen molar-refractivity contribution in [3.8, 4) is 5.75 Å². The number of carbonyl (C=O) groups is 1. The molecule has 2 N–H and O–H groups in total. The van der Waals surface area contributed by atoms with E-state index < -0.39 is 5.97 Å². The molecule has 0 saturated carbocycles. The van der Waals surface area contributed by atoms with E-state index in [1.165, 1.54) is 12.1 Å². The molecule has 7 heteroatoms. The van der Waals surface area contributed by atoms with E-state index in [-0.39, 0.29) is 17.4 Å². The number of hydrogen-bond donors (Lipinski definition) is 2. The van der Waals surface area contributed by atoms with Crippen molar-refractivity contribution in [3.05, 3.63) is 46.8 Å². The SMILES string of the molecule is COc1ccc(F)cc1CN1CCCC(c2nc(C(=O)O)c(C)[nH]2)C1. The number of halogens is 1. The number of methoxy groups -OCH3 is 1. The number of benzene rings is 1. The Hall–Kier alpha value is -2.41. The van der Waals surface area contributed by atoms with Gasteiger partial charge < -0.3 is 14.8 Å². The Morgan fingerprint density at radius 3 is 3.00 bits per heavy atom. The number of aromatic amines is 1. The zero-order valence-corrected chi connectivity index (χ0v) is 14.4. The van der Waals surface area contributed by atoms with Gasteiger partial charge in [0.05, 0.1) is 7.11 Å². The first-order valence-corrected chi connectivity index (χ1v) is 8.32. The van der Waals surface area contributed by atoms with Crippen LogP contribution in [0.15, 0.2) is 18.2 Å². The number of piperidine rings is 1. The number of nitrogens with zero attached hydrogens (tertiary/aromatic N) is 2. The maximum atomic E-state index is 13.6. The molecule has 2 aromatic rings. The van der Waals surface area contributed by atoms with Gasteiger partial charge in [-0.3, -0.25) is 4.90 Å². The molecule has 1 atom stereocenters. The van der Waals surface area contributed by atoms with Crippen molar-refractivity contribution in [2.75, 3.05) is 20.2 Å². The lowest BCUT2D eigenvalue weighted by atomic mass is 9.97. The Balaban J connectivity index is 1.74. The Morgan fingerprint density at radius 2 is 2.32 bits per heavy atom. The van der Waals surface area contributed by atoms with E-state index in [1.54, 1.807) is 20.1 Å². The van der Waals surface area contributed by atoms with Gasteiger partial charge in [0, 0.05) is 30.3 Å². The third-order valence-electron chi connectivity index (χ3n) is 4.63. The average Bonchev–Trinajstić information content (AvgIpc) is 2.97. The van der Waals surface area contributed by atoms with Crippen molar-refractivity contribution in [2.24, 2.45) is 0 Å². The molecule has 0 radical (unpaired) electrons. The van der Waals surface area contributed by atoms with Crippen molar-refractivity contribution < 1.29 is 19.0 Å². The summed E-state index contributed by atoms with van der Waals surface area (Å²) in [5, 5.41) is 9.17. The molecule has 0 aliphatic carbocycles. The highest BCUT2D eigenvalue weighted by atomic mass is 19.1. The summed E-state index contributed by atoms with van der Waals surface area (Å²) < 4.78 is 18.9. The minimum Gasteiger partial charge on any atom is -0.496 e. The van der Waals surface area contributed by atoms with Gasteiger partial charge in [-0.05, 0) is 44.5 Å². The lowest BCUT2D eigenvalue weighted by Crippen LogP contribution is -2.34. The molecule has 0 bridgehead atoms. The second-order valence-corrected chi connectivity index (χ2v) is 6.43. The molecule has 3 rings (SSSR count). The Labute approximate surface area is 145 Å². The average molecular weight is 347 g/mol. The molecule has 25 heavy (non-hydrogen) atoms. The zero-order chi connectivity index (χ0) is 18.0. The Morgan fingerprint density at radius 1 is 1.52 bits per heavy atom. The molecule has 1 aromatic carbocycles. The van der Waals surface area contributed by atoms with Crippen LogP contribution in [-0.4, -0.2) is 46.1 Å². The Bertz CT molecular complexity index is 775. The molecule has 1 aromatic heterocycles. The summed E-state index contributed by atoms with van der Waals surface area (Å²) in [5.74, 6) is 0.228. The second-order valence-electron chi connectivity index (χ2n) is 6.43. The number of aromatic nitrogens is 2. The van der Waals surface area contributed by atoms with Crippen molar-refractivity contribution in [1.29, 1.82) is 0 Å². The number of aryl methyl sites for hydroxylation is 1. The van der Waals surface area contributed by atoms with E-state index in [2.05, 4.69) is 14.9 Å². The lowest BCUT2D eigenvalue weighted by Gasteiger charge is -2.32. The lowest BCUT2D eigenvalue weighted by molar-refractivity contribution is 0.0690. The highest BCUT2D eigenvalue weighted by Gasteiger charge is 2.26. The summed E-state index contributed by atoms with van der Waals surface area (Å²) in [7, 11) is 1.58. The minimum atomic E-state index is -1.02. The van der Waals surface area contributed by atoms with Gasteiger partial charge in [-0.25, -0.2) is 14.2 Å². The number of hydrogen-bond acceptors (Lipinski definition) is 4. The third kappa shape index (κ3) is 3.82. The van der Waals surface area contributed by atoms with Crippen molar-refractivity contribution >= 4 is 5.97 Å². The van der Waals surface area contributed by atoms with E-state index in [0.29, 0.717) is 23.8 Å². The first-order valence-electron chi connectivity index (χ1n) is 8.32. The standard InChI is InChI=1S/C18H22FN3O3/c1-11-16(18(23)24)21-17(20-11)12-4-3-7-22(9-12)10-13-8-14(19)5-6-15(13)25-2/h5-6,8,12H,3-4,7,9-10H2,1-2H3,(H,20,21)(H,23,24). The molecule has 134 valence electrons. The zero-order valence-electron chi connectivity index (χ0n) is 14.4. The number of H-pyrrole nitrogens is 1. The fourth-order valence-electron chi connectivity index (χ4n) is 3.42. The van der Waals surface area contributed by atoms with Gasteiger partial charge in [0.1, 0.15) is 17.4 Å². The number of carboxylic acids is 1. The van der Waals surface area contributed by atoms with E-state index in [1.807, 2.05) is 0 Å². The maximum absolute atomic E-state index is 13.6. The summed E-state index contributed by atoms with van der Waals surface area (Å²) in [6.07, 6.45) is 1.92. The predicted molar refractivity (Wildman–Crippen MR) is 90.5 cm³/mol. The summed E-state index contributed by atoms with van der Waals surface area (Å²) in [4.78, 5) is 20.8. The molecule has 0 amide bonds. The Kier molecular flexibility index (Phi) is 5.03. The molecule has 1 aliphatic rings. The van der Waals surface area contributed by atoms with Crippen molar-refractivity contribution in [3.63, 3.8) is 0 Å². The molecule has 1 unspecified atom stereocenters. The number of likely N-dealkylation sites (tertiary alicyclic amines) is 1. The number of imidazole rings is 1. The van der Waals surface area contributed by atoms with Crippen LogP contribution in [-0.2, 0) is 6.54 Å². The van der Waals surface area contributed by atoms with Gasteiger partial charge in [-0.1, -0.05) is 0 Å². The fraction of sp³-hybridized carbons (Fsp3) is 0.444.